The molecule has 5 heteroatoms. The summed E-state index contributed by atoms with van der Waals surface area (Å²) in [7, 11) is 0. The Morgan fingerprint density at radius 1 is 1.04 bits per heavy atom. The standard InChI is InChI=1S/C19H15FN2O2/c20-17-7-5-14(6-8-17)13-1-3-15(4-2-13)19(23)22-10-9-18-16(12-22)11-21-24-18/h1-8,11H,9-10,12H2. The molecule has 3 aromatic rings. The van der Waals surface area contributed by atoms with Gasteiger partial charge < -0.3 is 9.42 Å². The second-order valence-electron chi connectivity index (χ2n) is 5.84. The molecule has 2 aromatic carbocycles. The van der Waals surface area contributed by atoms with Gasteiger partial charge in [0, 0.05) is 24.1 Å². The van der Waals surface area contributed by atoms with E-state index in [0.717, 1.165) is 22.5 Å². The largest absolute Gasteiger partial charge is 0.361 e. The number of hydrogen-bond donors (Lipinski definition) is 0. The van der Waals surface area contributed by atoms with Gasteiger partial charge in [-0.1, -0.05) is 29.4 Å². The molecule has 0 atom stereocenters. The van der Waals surface area contributed by atoms with Crippen molar-refractivity contribution >= 4 is 5.91 Å². The monoisotopic (exact) mass is 322 g/mol. The van der Waals surface area contributed by atoms with E-state index in [4.69, 9.17) is 4.52 Å². The van der Waals surface area contributed by atoms with Crippen LogP contribution in [0.3, 0.4) is 0 Å². The predicted molar refractivity (Wildman–Crippen MR) is 86.8 cm³/mol. The molecular weight excluding hydrogens is 307 g/mol. The van der Waals surface area contributed by atoms with Crippen molar-refractivity contribution in [1.82, 2.24) is 10.1 Å². The lowest BCUT2D eigenvalue weighted by molar-refractivity contribution is 0.0729. The molecule has 2 heterocycles. The van der Waals surface area contributed by atoms with Crippen molar-refractivity contribution in [2.24, 2.45) is 0 Å². The van der Waals surface area contributed by atoms with Gasteiger partial charge in [-0.15, -0.1) is 0 Å². The average Bonchev–Trinajstić information content (AvgIpc) is 3.09. The molecule has 0 N–H and O–H groups in total. The summed E-state index contributed by atoms with van der Waals surface area (Å²) in [5.41, 5.74) is 3.48. The van der Waals surface area contributed by atoms with Crippen molar-refractivity contribution in [2.75, 3.05) is 6.54 Å². The van der Waals surface area contributed by atoms with Crippen LogP contribution in [0.15, 0.2) is 59.3 Å². The fraction of sp³-hybridized carbons (Fsp3) is 0.158. The number of nitrogens with zero attached hydrogens (tertiary/aromatic N) is 2. The Morgan fingerprint density at radius 2 is 1.71 bits per heavy atom. The normalized spacial score (nSPS) is 13.6. The van der Waals surface area contributed by atoms with Crippen LogP contribution in [-0.4, -0.2) is 22.5 Å². The van der Waals surface area contributed by atoms with Crippen LogP contribution in [0.25, 0.3) is 11.1 Å². The van der Waals surface area contributed by atoms with Crippen molar-refractivity contribution in [3.05, 3.63) is 77.4 Å². The first kappa shape index (κ1) is 14.6. The van der Waals surface area contributed by atoms with Gasteiger partial charge in [-0.25, -0.2) is 4.39 Å². The van der Waals surface area contributed by atoms with Gasteiger partial charge in [0.05, 0.1) is 12.7 Å². The van der Waals surface area contributed by atoms with Gasteiger partial charge >= 0.3 is 0 Å². The maximum Gasteiger partial charge on any atom is 0.254 e. The van der Waals surface area contributed by atoms with Gasteiger partial charge in [0.15, 0.2) is 0 Å². The highest BCUT2D eigenvalue weighted by Gasteiger charge is 2.24. The first-order chi connectivity index (χ1) is 11.7. The van der Waals surface area contributed by atoms with Gasteiger partial charge in [-0.05, 0) is 35.4 Å². The Bertz CT molecular complexity index is 869. The lowest BCUT2D eigenvalue weighted by Crippen LogP contribution is -2.35. The molecule has 1 aromatic heterocycles. The van der Waals surface area contributed by atoms with E-state index in [0.29, 0.717) is 25.1 Å². The number of fused-ring (bicyclic) bond motifs is 1. The van der Waals surface area contributed by atoms with E-state index in [-0.39, 0.29) is 11.7 Å². The molecule has 0 bridgehead atoms. The quantitative estimate of drug-likeness (QED) is 0.723. The van der Waals surface area contributed by atoms with Gasteiger partial charge in [0.25, 0.3) is 5.91 Å². The maximum atomic E-state index is 13.0. The number of aromatic nitrogens is 1. The zero-order valence-electron chi connectivity index (χ0n) is 12.9. The Labute approximate surface area is 138 Å². The topological polar surface area (TPSA) is 46.3 Å². The Hall–Kier alpha value is -2.95. The molecule has 120 valence electrons. The van der Waals surface area contributed by atoms with Gasteiger partial charge in [0.2, 0.25) is 0 Å². The highest BCUT2D eigenvalue weighted by molar-refractivity contribution is 5.94. The third kappa shape index (κ3) is 2.69. The predicted octanol–water partition coefficient (Wildman–Crippen LogP) is 3.68. The number of benzene rings is 2. The Kier molecular flexibility index (Phi) is 3.61. The number of carbonyl (C=O) groups is 1. The molecule has 4 rings (SSSR count). The molecule has 1 aliphatic rings. The Morgan fingerprint density at radius 3 is 2.42 bits per heavy atom. The van der Waals surface area contributed by atoms with Crippen LogP contribution >= 0.6 is 0 Å². The van der Waals surface area contributed by atoms with Crippen LogP contribution in [0, 0.1) is 5.82 Å². The fourth-order valence-corrected chi connectivity index (χ4v) is 2.94. The van der Waals surface area contributed by atoms with Crippen LogP contribution in [-0.2, 0) is 13.0 Å². The van der Waals surface area contributed by atoms with Crippen molar-refractivity contribution < 1.29 is 13.7 Å². The molecule has 24 heavy (non-hydrogen) atoms. The van der Waals surface area contributed by atoms with Gasteiger partial charge in [-0.2, -0.15) is 0 Å². The van der Waals surface area contributed by atoms with Crippen molar-refractivity contribution in [2.45, 2.75) is 13.0 Å². The summed E-state index contributed by atoms with van der Waals surface area (Å²) in [5.74, 6) is 0.599. The third-order valence-electron chi connectivity index (χ3n) is 4.30. The molecular formula is C19H15FN2O2. The zero-order chi connectivity index (χ0) is 16.5. The van der Waals surface area contributed by atoms with E-state index < -0.39 is 0 Å². The van der Waals surface area contributed by atoms with Crippen molar-refractivity contribution in [3.8, 4) is 11.1 Å². The summed E-state index contributed by atoms with van der Waals surface area (Å²) in [6, 6.07) is 13.7. The molecule has 0 spiro atoms. The summed E-state index contributed by atoms with van der Waals surface area (Å²) in [4.78, 5) is 14.4. The lowest BCUT2D eigenvalue weighted by Gasteiger charge is -2.25. The lowest BCUT2D eigenvalue weighted by atomic mass is 10.0. The molecule has 0 saturated carbocycles. The minimum absolute atomic E-state index is 0.00694. The van der Waals surface area contributed by atoms with Crippen LogP contribution in [0.1, 0.15) is 21.7 Å². The van der Waals surface area contributed by atoms with Gasteiger partial charge in [0.1, 0.15) is 11.6 Å². The molecule has 1 amide bonds. The number of rotatable bonds is 2. The smallest absolute Gasteiger partial charge is 0.254 e. The van der Waals surface area contributed by atoms with Crippen molar-refractivity contribution in [1.29, 1.82) is 0 Å². The summed E-state index contributed by atoms with van der Waals surface area (Å²) in [6.07, 6.45) is 2.36. The highest BCUT2D eigenvalue weighted by Crippen LogP contribution is 2.23. The van der Waals surface area contributed by atoms with Crippen LogP contribution < -0.4 is 0 Å². The molecule has 4 nitrogen and oxygen atoms in total. The van der Waals surface area contributed by atoms with E-state index in [1.165, 1.54) is 12.1 Å². The second kappa shape index (κ2) is 5.92. The second-order valence-corrected chi connectivity index (χ2v) is 5.84. The highest BCUT2D eigenvalue weighted by atomic mass is 19.1. The fourth-order valence-electron chi connectivity index (χ4n) is 2.94. The molecule has 1 aliphatic heterocycles. The zero-order valence-corrected chi connectivity index (χ0v) is 12.9. The first-order valence-electron chi connectivity index (χ1n) is 7.78. The minimum Gasteiger partial charge on any atom is -0.361 e. The number of amides is 1. The van der Waals surface area contributed by atoms with E-state index in [9.17, 15) is 9.18 Å². The summed E-state index contributed by atoms with van der Waals surface area (Å²) < 4.78 is 18.1. The minimum atomic E-state index is -0.260. The molecule has 0 saturated heterocycles. The van der Waals surface area contributed by atoms with E-state index in [1.54, 1.807) is 23.2 Å². The van der Waals surface area contributed by atoms with Crippen molar-refractivity contribution in [3.63, 3.8) is 0 Å². The first-order valence-corrected chi connectivity index (χ1v) is 7.78. The van der Waals surface area contributed by atoms with Crippen LogP contribution in [0.5, 0.6) is 0 Å². The number of carbonyl (C=O) groups excluding carboxylic acids is 1. The number of halogens is 1. The SMILES string of the molecule is O=C(c1ccc(-c2ccc(F)cc2)cc1)N1CCc2oncc2C1. The summed E-state index contributed by atoms with van der Waals surface area (Å²) in [5, 5.41) is 3.78. The Balaban J connectivity index is 1.52. The van der Waals surface area contributed by atoms with Crippen LogP contribution in [0.2, 0.25) is 0 Å². The molecule has 0 radical (unpaired) electrons. The van der Waals surface area contributed by atoms with E-state index in [1.807, 2.05) is 24.3 Å². The summed E-state index contributed by atoms with van der Waals surface area (Å²) >= 11 is 0. The number of hydrogen-bond acceptors (Lipinski definition) is 3. The third-order valence-corrected chi connectivity index (χ3v) is 4.30. The molecule has 0 unspecified atom stereocenters. The van der Waals surface area contributed by atoms with E-state index in [2.05, 4.69) is 5.16 Å². The maximum absolute atomic E-state index is 13.0. The van der Waals surface area contributed by atoms with Gasteiger partial charge in [-0.3, -0.25) is 4.79 Å². The average molecular weight is 322 g/mol. The molecule has 0 fully saturated rings. The van der Waals surface area contributed by atoms with Crippen LogP contribution in [0.4, 0.5) is 4.39 Å². The van der Waals surface area contributed by atoms with E-state index >= 15 is 0 Å². The molecule has 0 aliphatic carbocycles. The summed E-state index contributed by atoms with van der Waals surface area (Å²) in [6.45, 7) is 1.15.